The van der Waals surface area contributed by atoms with Gasteiger partial charge in [0.1, 0.15) is 0 Å². The van der Waals surface area contributed by atoms with Crippen LogP contribution in [-0.2, 0) is 9.59 Å². The monoisotopic (exact) mass is 410 g/mol. The van der Waals surface area contributed by atoms with Gasteiger partial charge in [-0.15, -0.1) is 10.2 Å². The summed E-state index contributed by atoms with van der Waals surface area (Å²) in [6.45, 7) is 6.70. The molecule has 0 aliphatic heterocycles. The maximum atomic E-state index is 12.1. The Balaban J connectivity index is 1.77. The largest absolute Gasteiger partial charge is 0.355 e. The minimum atomic E-state index is -0.0768. The number of hydrogen-bond donors (Lipinski definition) is 2. The number of amides is 2. The molecule has 2 N–H and O–H groups in total. The predicted molar refractivity (Wildman–Crippen MR) is 109 cm³/mol. The molecular formula is C17H22N4O2S3. The van der Waals surface area contributed by atoms with Crippen molar-refractivity contribution in [2.75, 3.05) is 23.4 Å². The van der Waals surface area contributed by atoms with Gasteiger partial charge >= 0.3 is 0 Å². The fourth-order valence-corrected chi connectivity index (χ4v) is 4.61. The van der Waals surface area contributed by atoms with Crippen LogP contribution in [0.15, 0.2) is 26.9 Å². The minimum Gasteiger partial charge on any atom is -0.355 e. The SMILES string of the molecule is CCCNC(=O)CSc1nnc(SCC(=O)Nc2cccc(C)c2C)s1. The second kappa shape index (κ2) is 10.5. The van der Waals surface area contributed by atoms with Gasteiger partial charge in [0, 0.05) is 12.2 Å². The first kappa shape index (κ1) is 20.7. The minimum absolute atomic E-state index is 0.00541. The second-order valence-corrected chi connectivity index (χ2v) is 8.98. The van der Waals surface area contributed by atoms with E-state index in [1.807, 2.05) is 39.0 Å². The number of carbonyl (C=O) groups is 2. The van der Waals surface area contributed by atoms with Crippen molar-refractivity contribution >= 4 is 52.4 Å². The molecule has 0 fully saturated rings. The number of anilines is 1. The Hall–Kier alpha value is -1.58. The zero-order valence-electron chi connectivity index (χ0n) is 15.0. The quantitative estimate of drug-likeness (QED) is 0.616. The van der Waals surface area contributed by atoms with E-state index < -0.39 is 0 Å². The van der Waals surface area contributed by atoms with Gasteiger partial charge in [-0.05, 0) is 37.5 Å². The number of nitrogens with zero attached hydrogens (tertiary/aromatic N) is 2. The molecule has 2 rings (SSSR count). The molecule has 0 unspecified atom stereocenters. The molecule has 0 atom stereocenters. The van der Waals surface area contributed by atoms with Crippen molar-refractivity contribution in [3.05, 3.63) is 29.3 Å². The van der Waals surface area contributed by atoms with E-state index in [4.69, 9.17) is 0 Å². The summed E-state index contributed by atoms with van der Waals surface area (Å²) < 4.78 is 1.45. The lowest BCUT2D eigenvalue weighted by Gasteiger charge is -2.09. The third-order valence-corrected chi connectivity index (χ3v) is 6.68. The fourth-order valence-electron chi connectivity index (χ4n) is 1.96. The molecule has 0 bridgehead atoms. The molecule has 0 saturated carbocycles. The summed E-state index contributed by atoms with van der Waals surface area (Å²) in [4.78, 5) is 23.7. The summed E-state index contributed by atoms with van der Waals surface area (Å²) in [5.41, 5.74) is 3.05. The first-order valence-corrected chi connectivity index (χ1v) is 11.0. The molecule has 0 saturated heterocycles. The number of thioether (sulfide) groups is 2. The number of nitrogens with one attached hydrogen (secondary N) is 2. The predicted octanol–water partition coefficient (Wildman–Crippen LogP) is 3.50. The molecule has 0 aliphatic rings. The van der Waals surface area contributed by atoms with Crippen LogP contribution in [0.2, 0.25) is 0 Å². The third-order valence-electron chi connectivity index (χ3n) is 3.49. The summed E-state index contributed by atoms with van der Waals surface area (Å²) >= 11 is 4.10. The highest BCUT2D eigenvalue weighted by Crippen LogP contribution is 2.28. The smallest absolute Gasteiger partial charge is 0.234 e. The van der Waals surface area contributed by atoms with Crippen LogP contribution in [0.5, 0.6) is 0 Å². The highest BCUT2D eigenvalue weighted by atomic mass is 32.2. The summed E-state index contributed by atoms with van der Waals surface area (Å²) in [6.07, 6.45) is 0.917. The van der Waals surface area contributed by atoms with E-state index >= 15 is 0 Å². The van der Waals surface area contributed by atoms with Crippen LogP contribution in [0.3, 0.4) is 0 Å². The molecule has 0 radical (unpaired) electrons. The molecular weight excluding hydrogens is 388 g/mol. The lowest BCUT2D eigenvalue weighted by molar-refractivity contribution is -0.118. The maximum absolute atomic E-state index is 12.1. The van der Waals surface area contributed by atoms with Crippen molar-refractivity contribution in [3.8, 4) is 0 Å². The van der Waals surface area contributed by atoms with Crippen molar-refractivity contribution in [3.63, 3.8) is 0 Å². The normalized spacial score (nSPS) is 10.6. The van der Waals surface area contributed by atoms with E-state index in [0.29, 0.717) is 12.3 Å². The summed E-state index contributed by atoms with van der Waals surface area (Å²) in [5, 5.41) is 13.9. The summed E-state index contributed by atoms with van der Waals surface area (Å²) in [7, 11) is 0. The van der Waals surface area contributed by atoms with E-state index in [0.717, 1.165) is 31.9 Å². The molecule has 2 aromatic rings. The average molecular weight is 411 g/mol. The summed E-state index contributed by atoms with van der Waals surface area (Å²) in [6, 6.07) is 5.84. The van der Waals surface area contributed by atoms with E-state index in [2.05, 4.69) is 20.8 Å². The van der Waals surface area contributed by atoms with Gasteiger partial charge in [-0.1, -0.05) is 53.9 Å². The van der Waals surface area contributed by atoms with Crippen LogP contribution in [0, 0.1) is 13.8 Å². The van der Waals surface area contributed by atoms with Gasteiger partial charge in [-0.2, -0.15) is 0 Å². The second-order valence-electron chi connectivity index (χ2n) is 5.56. The van der Waals surface area contributed by atoms with Crippen molar-refractivity contribution in [1.82, 2.24) is 15.5 Å². The lowest BCUT2D eigenvalue weighted by Crippen LogP contribution is -2.25. The third kappa shape index (κ3) is 6.62. The van der Waals surface area contributed by atoms with Gasteiger partial charge in [0.05, 0.1) is 11.5 Å². The number of hydrogen-bond acceptors (Lipinski definition) is 7. The number of aromatic nitrogens is 2. The van der Waals surface area contributed by atoms with Gasteiger partial charge in [0.2, 0.25) is 11.8 Å². The van der Waals surface area contributed by atoms with Gasteiger partial charge in [-0.3, -0.25) is 9.59 Å². The first-order chi connectivity index (χ1) is 12.5. The van der Waals surface area contributed by atoms with Gasteiger partial charge in [0.15, 0.2) is 8.68 Å². The zero-order valence-corrected chi connectivity index (χ0v) is 17.4. The van der Waals surface area contributed by atoms with Gasteiger partial charge in [0.25, 0.3) is 0 Å². The van der Waals surface area contributed by atoms with E-state index in [1.54, 1.807) is 0 Å². The summed E-state index contributed by atoms with van der Waals surface area (Å²) in [5.74, 6) is 0.511. The molecule has 1 heterocycles. The fraction of sp³-hybridized carbons (Fsp3) is 0.412. The van der Waals surface area contributed by atoms with Crippen LogP contribution in [0.4, 0.5) is 5.69 Å². The van der Waals surface area contributed by atoms with Crippen molar-refractivity contribution < 1.29 is 9.59 Å². The van der Waals surface area contributed by atoms with E-state index in [1.165, 1.54) is 34.9 Å². The maximum Gasteiger partial charge on any atom is 0.234 e. The Labute approximate surface area is 165 Å². The molecule has 0 spiro atoms. The van der Waals surface area contributed by atoms with Gasteiger partial charge in [-0.25, -0.2) is 0 Å². The highest BCUT2D eigenvalue weighted by Gasteiger charge is 2.11. The molecule has 6 nitrogen and oxygen atoms in total. The molecule has 9 heteroatoms. The molecule has 26 heavy (non-hydrogen) atoms. The molecule has 2 amide bonds. The Bertz CT molecular complexity index is 764. The molecule has 1 aromatic carbocycles. The van der Waals surface area contributed by atoms with Crippen LogP contribution in [0.1, 0.15) is 24.5 Å². The van der Waals surface area contributed by atoms with Crippen LogP contribution in [0.25, 0.3) is 0 Å². The van der Waals surface area contributed by atoms with E-state index in [9.17, 15) is 9.59 Å². The standard InChI is InChI=1S/C17H22N4O2S3/c1-4-8-18-14(22)9-24-16-20-21-17(26-16)25-10-15(23)19-13-7-5-6-11(2)12(13)3/h5-7H,4,8-10H2,1-3H3,(H,18,22)(H,19,23). The van der Waals surface area contributed by atoms with Crippen LogP contribution in [-0.4, -0.2) is 40.1 Å². The Morgan fingerprint density at radius 2 is 1.73 bits per heavy atom. The van der Waals surface area contributed by atoms with E-state index in [-0.39, 0.29) is 17.6 Å². The average Bonchev–Trinajstić information content (AvgIpc) is 3.08. The zero-order chi connectivity index (χ0) is 18.9. The van der Waals surface area contributed by atoms with Crippen molar-refractivity contribution in [2.24, 2.45) is 0 Å². The van der Waals surface area contributed by atoms with Crippen LogP contribution >= 0.6 is 34.9 Å². The first-order valence-electron chi connectivity index (χ1n) is 8.21. The Morgan fingerprint density at radius 1 is 1.08 bits per heavy atom. The molecule has 1 aromatic heterocycles. The highest BCUT2D eigenvalue weighted by molar-refractivity contribution is 8.03. The van der Waals surface area contributed by atoms with Crippen LogP contribution < -0.4 is 10.6 Å². The topological polar surface area (TPSA) is 84.0 Å². The number of rotatable bonds is 9. The van der Waals surface area contributed by atoms with Crippen molar-refractivity contribution in [2.45, 2.75) is 35.9 Å². The number of benzene rings is 1. The number of carbonyl (C=O) groups excluding carboxylic acids is 2. The molecule has 140 valence electrons. The Kier molecular flexibility index (Phi) is 8.40. The Morgan fingerprint density at radius 3 is 2.38 bits per heavy atom. The number of aryl methyl sites for hydroxylation is 1. The van der Waals surface area contributed by atoms with Crippen molar-refractivity contribution in [1.29, 1.82) is 0 Å². The lowest BCUT2D eigenvalue weighted by atomic mass is 10.1. The van der Waals surface area contributed by atoms with Gasteiger partial charge < -0.3 is 10.6 Å². The molecule has 0 aliphatic carbocycles.